The summed E-state index contributed by atoms with van der Waals surface area (Å²) in [4.78, 5) is 50.6. The molecule has 1 unspecified atom stereocenters. The van der Waals surface area contributed by atoms with E-state index in [2.05, 4.69) is 6.58 Å². The van der Waals surface area contributed by atoms with E-state index >= 15 is 0 Å². The molecule has 2 atom stereocenters. The second-order valence-corrected chi connectivity index (χ2v) is 6.33. The number of piperazine rings is 1. The van der Waals surface area contributed by atoms with Gasteiger partial charge in [0.15, 0.2) is 0 Å². The van der Waals surface area contributed by atoms with Crippen molar-refractivity contribution >= 4 is 23.7 Å². The van der Waals surface area contributed by atoms with Gasteiger partial charge in [-0.15, -0.1) is 0 Å². The summed E-state index contributed by atoms with van der Waals surface area (Å²) in [5, 5.41) is 9.51. The van der Waals surface area contributed by atoms with E-state index in [-0.39, 0.29) is 38.3 Å². The van der Waals surface area contributed by atoms with Crippen LogP contribution in [-0.4, -0.2) is 63.8 Å². The molecule has 3 amide bonds. The number of carboxylic acid groups (broad SMARTS) is 1. The van der Waals surface area contributed by atoms with Crippen molar-refractivity contribution in [3.8, 4) is 0 Å². The lowest BCUT2D eigenvalue weighted by Crippen LogP contribution is -2.62. The minimum atomic E-state index is -1.20. The molecule has 1 saturated heterocycles. The van der Waals surface area contributed by atoms with Gasteiger partial charge in [-0.05, 0) is 18.1 Å². The smallest absolute Gasteiger partial charge is 0.326 e. The molecule has 0 aliphatic carbocycles. The van der Waals surface area contributed by atoms with Crippen LogP contribution in [-0.2, 0) is 25.6 Å². The molecule has 1 aromatic carbocycles. The summed E-state index contributed by atoms with van der Waals surface area (Å²) >= 11 is 0. The predicted molar refractivity (Wildman–Crippen MR) is 97.4 cm³/mol. The normalized spacial score (nSPS) is 18.1. The summed E-state index contributed by atoms with van der Waals surface area (Å²) in [6, 6.07) is 7.18. The minimum Gasteiger partial charge on any atom is -0.480 e. The van der Waals surface area contributed by atoms with Crippen molar-refractivity contribution in [3.63, 3.8) is 0 Å². The molecule has 0 aromatic heterocycles. The number of amides is 3. The number of carboxylic acids is 1. The van der Waals surface area contributed by atoms with Gasteiger partial charge in [0, 0.05) is 25.9 Å². The Hall–Kier alpha value is -3.16. The summed E-state index contributed by atoms with van der Waals surface area (Å²) in [5.41, 5.74) is 5.97. The molecule has 0 bridgehead atoms. The van der Waals surface area contributed by atoms with Gasteiger partial charge in [0.2, 0.25) is 17.7 Å². The quantitative estimate of drug-likeness (QED) is 0.630. The van der Waals surface area contributed by atoms with Crippen LogP contribution in [0.15, 0.2) is 43.0 Å². The SMILES string of the molecule is C=CC(=O)N1CCN(C(CCC(N)=O)C(=O)O)C(=O)[C@@H]1Cc1ccccc1. The third kappa shape index (κ3) is 4.93. The Morgan fingerprint density at radius 3 is 2.48 bits per heavy atom. The molecule has 2 rings (SSSR count). The highest BCUT2D eigenvalue weighted by atomic mass is 16.4. The Morgan fingerprint density at radius 1 is 1.26 bits per heavy atom. The number of nitrogens with zero attached hydrogens (tertiary/aromatic N) is 2. The molecule has 1 heterocycles. The Morgan fingerprint density at radius 2 is 1.93 bits per heavy atom. The van der Waals surface area contributed by atoms with Crippen molar-refractivity contribution < 1.29 is 24.3 Å². The first-order valence-electron chi connectivity index (χ1n) is 8.63. The van der Waals surface area contributed by atoms with E-state index in [4.69, 9.17) is 5.73 Å². The van der Waals surface area contributed by atoms with E-state index in [1.54, 1.807) is 0 Å². The number of rotatable bonds is 8. The largest absolute Gasteiger partial charge is 0.480 e. The maximum atomic E-state index is 13.1. The maximum Gasteiger partial charge on any atom is 0.326 e. The van der Waals surface area contributed by atoms with Gasteiger partial charge in [0.1, 0.15) is 12.1 Å². The molecule has 0 saturated carbocycles. The van der Waals surface area contributed by atoms with Crippen LogP contribution in [0.3, 0.4) is 0 Å². The zero-order chi connectivity index (χ0) is 20.0. The van der Waals surface area contributed by atoms with Crippen LogP contribution in [0, 0.1) is 0 Å². The lowest BCUT2D eigenvalue weighted by molar-refractivity contribution is -0.159. The van der Waals surface area contributed by atoms with Gasteiger partial charge in [-0.25, -0.2) is 4.79 Å². The van der Waals surface area contributed by atoms with Crippen LogP contribution in [0.1, 0.15) is 18.4 Å². The molecule has 1 fully saturated rings. The predicted octanol–water partition coefficient (Wildman–Crippen LogP) is 0.173. The van der Waals surface area contributed by atoms with E-state index in [0.717, 1.165) is 11.6 Å². The van der Waals surface area contributed by atoms with E-state index < -0.39 is 29.9 Å². The van der Waals surface area contributed by atoms with Gasteiger partial charge in [-0.1, -0.05) is 36.9 Å². The Kier molecular flexibility index (Phi) is 6.70. The minimum absolute atomic E-state index is 0.0656. The average Bonchev–Trinajstić information content (AvgIpc) is 2.64. The zero-order valence-electron chi connectivity index (χ0n) is 14.9. The Balaban J connectivity index is 2.28. The van der Waals surface area contributed by atoms with Gasteiger partial charge in [-0.3, -0.25) is 14.4 Å². The summed E-state index contributed by atoms with van der Waals surface area (Å²) in [6.07, 6.45) is 1.20. The molecule has 3 N–H and O–H groups in total. The van der Waals surface area contributed by atoms with Crippen molar-refractivity contribution in [2.45, 2.75) is 31.3 Å². The standard InChI is InChI=1S/C19H23N3O5/c1-2-17(24)21-10-11-22(14(19(26)27)8-9-16(20)23)18(25)15(21)12-13-6-4-3-5-7-13/h2-7,14-15H,1,8-12H2,(H2,20,23)(H,26,27)/t14?,15-/m0/s1. The average molecular weight is 373 g/mol. The van der Waals surface area contributed by atoms with Gasteiger partial charge >= 0.3 is 5.97 Å². The van der Waals surface area contributed by atoms with Crippen LogP contribution in [0.5, 0.6) is 0 Å². The maximum absolute atomic E-state index is 13.1. The van der Waals surface area contributed by atoms with E-state index in [1.807, 2.05) is 30.3 Å². The van der Waals surface area contributed by atoms with Crippen molar-refractivity contribution in [1.29, 1.82) is 0 Å². The number of hydrogen-bond acceptors (Lipinski definition) is 4. The summed E-state index contributed by atoms with van der Waals surface area (Å²) < 4.78 is 0. The highest BCUT2D eigenvalue weighted by Gasteiger charge is 2.41. The van der Waals surface area contributed by atoms with Crippen molar-refractivity contribution in [2.75, 3.05) is 13.1 Å². The van der Waals surface area contributed by atoms with Crippen LogP contribution in [0.2, 0.25) is 0 Å². The number of benzene rings is 1. The highest BCUT2D eigenvalue weighted by Crippen LogP contribution is 2.21. The lowest BCUT2D eigenvalue weighted by Gasteiger charge is -2.42. The van der Waals surface area contributed by atoms with Gasteiger partial charge in [0.05, 0.1) is 0 Å². The summed E-state index contributed by atoms with van der Waals surface area (Å²) in [5.74, 6) is -2.67. The van der Waals surface area contributed by atoms with Crippen molar-refractivity contribution in [2.24, 2.45) is 5.73 Å². The second kappa shape index (κ2) is 8.98. The van der Waals surface area contributed by atoms with E-state index in [0.29, 0.717) is 0 Å². The molecule has 1 aliphatic heterocycles. The van der Waals surface area contributed by atoms with Gasteiger partial charge < -0.3 is 20.6 Å². The monoisotopic (exact) mass is 373 g/mol. The van der Waals surface area contributed by atoms with Crippen LogP contribution >= 0.6 is 0 Å². The molecular formula is C19H23N3O5. The number of carbonyl (C=O) groups excluding carboxylic acids is 3. The second-order valence-electron chi connectivity index (χ2n) is 6.33. The van der Waals surface area contributed by atoms with E-state index in [1.165, 1.54) is 9.80 Å². The van der Waals surface area contributed by atoms with Crippen LogP contribution < -0.4 is 5.73 Å². The molecular weight excluding hydrogens is 350 g/mol. The fourth-order valence-corrected chi connectivity index (χ4v) is 3.22. The first-order valence-corrected chi connectivity index (χ1v) is 8.63. The highest BCUT2D eigenvalue weighted by molar-refractivity contribution is 5.95. The first kappa shape index (κ1) is 20.2. The van der Waals surface area contributed by atoms with Gasteiger partial charge in [-0.2, -0.15) is 0 Å². The first-order chi connectivity index (χ1) is 12.8. The number of carbonyl (C=O) groups is 4. The molecule has 144 valence electrons. The molecule has 1 aromatic rings. The zero-order valence-corrected chi connectivity index (χ0v) is 14.9. The lowest BCUT2D eigenvalue weighted by atomic mass is 9.98. The molecule has 1 aliphatic rings. The number of aliphatic carboxylic acids is 1. The van der Waals surface area contributed by atoms with Gasteiger partial charge in [0.25, 0.3) is 0 Å². The number of hydrogen-bond donors (Lipinski definition) is 2. The molecule has 27 heavy (non-hydrogen) atoms. The Labute approximate surface area is 157 Å². The molecule has 8 nitrogen and oxygen atoms in total. The van der Waals surface area contributed by atoms with Crippen molar-refractivity contribution in [3.05, 3.63) is 48.6 Å². The summed E-state index contributed by atoms with van der Waals surface area (Å²) in [7, 11) is 0. The fraction of sp³-hybridized carbons (Fsp3) is 0.368. The Bertz CT molecular complexity index is 734. The number of primary amides is 1. The summed E-state index contributed by atoms with van der Waals surface area (Å²) in [6.45, 7) is 3.73. The fourth-order valence-electron chi connectivity index (χ4n) is 3.22. The van der Waals surface area contributed by atoms with Crippen LogP contribution in [0.25, 0.3) is 0 Å². The molecule has 8 heteroatoms. The third-order valence-corrected chi connectivity index (χ3v) is 4.58. The topological polar surface area (TPSA) is 121 Å². The van der Waals surface area contributed by atoms with Crippen LogP contribution in [0.4, 0.5) is 0 Å². The van der Waals surface area contributed by atoms with Crippen molar-refractivity contribution in [1.82, 2.24) is 9.80 Å². The molecule has 0 radical (unpaired) electrons. The molecule has 0 spiro atoms. The number of nitrogens with two attached hydrogens (primary N) is 1. The third-order valence-electron chi connectivity index (χ3n) is 4.58. The van der Waals surface area contributed by atoms with E-state index in [9.17, 15) is 24.3 Å².